The number of fused-ring (bicyclic) bond motifs is 1. The van der Waals surface area contributed by atoms with Crippen molar-refractivity contribution in [1.82, 2.24) is 4.98 Å². The second-order valence-electron chi connectivity index (χ2n) is 4.68. The summed E-state index contributed by atoms with van der Waals surface area (Å²) in [6.45, 7) is 3.51. The largest absolute Gasteiger partial charge is 0.495 e. The minimum atomic E-state index is -0.346. The van der Waals surface area contributed by atoms with Crippen molar-refractivity contribution in [2.45, 2.75) is 19.8 Å². The smallest absolute Gasteiger partial charge is 0.338 e. The maximum Gasteiger partial charge on any atom is 0.338 e. The summed E-state index contributed by atoms with van der Waals surface area (Å²) in [5, 5.41) is 0.797. The molecule has 0 spiro atoms. The number of esters is 1. The number of hydrogen-bond donors (Lipinski definition) is 1. The fraction of sp³-hybridized carbons (Fsp3) is 0.438. The van der Waals surface area contributed by atoms with Crippen molar-refractivity contribution < 1.29 is 19.0 Å². The van der Waals surface area contributed by atoms with E-state index in [2.05, 4.69) is 11.9 Å². The Hall–Kier alpha value is -2.01. The lowest BCUT2D eigenvalue weighted by Gasteiger charge is -2.08. The number of carbonyl (C=O) groups excluding carboxylic acids is 1. The standard InChI is InChI=1S/C16H21NO4/c1-3-4-9-20-10-11-21-16(18)13-5-6-14(19-2)15-12(13)7-8-17-15/h5-8,17H,3-4,9-11H2,1-2H3. The summed E-state index contributed by atoms with van der Waals surface area (Å²) >= 11 is 0. The van der Waals surface area contributed by atoms with E-state index in [0.717, 1.165) is 23.7 Å². The van der Waals surface area contributed by atoms with Crippen LogP contribution in [0.15, 0.2) is 24.4 Å². The van der Waals surface area contributed by atoms with Crippen LogP contribution in [0.2, 0.25) is 0 Å². The third-order valence-corrected chi connectivity index (χ3v) is 3.23. The van der Waals surface area contributed by atoms with Gasteiger partial charge in [-0.3, -0.25) is 0 Å². The molecule has 114 valence electrons. The van der Waals surface area contributed by atoms with Gasteiger partial charge >= 0.3 is 5.97 Å². The first-order valence-electron chi connectivity index (χ1n) is 7.17. The molecule has 1 heterocycles. The summed E-state index contributed by atoms with van der Waals surface area (Å²) in [5.41, 5.74) is 1.33. The third kappa shape index (κ3) is 3.76. The molecule has 0 saturated heterocycles. The van der Waals surface area contributed by atoms with Crippen LogP contribution in [-0.4, -0.2) is 37.9 Å². The van der Waals surface area contributed by atoms with Gasteiger partial charge in [0.2, 0.25) is 0 Å². The fourth-order valence-corrected chi connectivity index (χ4v) is 2.10. The van der Waals surface area contributed by atoms with E-state index < -0.39 is 0 Å². The molecular weight excluding hydrogens is 270 g/mol. The number of ether oxygens (including phenoxy) is 3. The Balaban J connectivity index is 1.95. The highest BCUT2D eigenvalue weighted by Crippen LogP contribution is 2.27. The molecule has 0 bridgehead atoms. The zero-order valence-electron chi connectivity index (χ0n) is 12.5. The number of methoxy groups -OCH3 is 1. The Bertz CT molecular complexity index is 591. The number of unbranched alkanes of at least 4 members (excludes halogenated alkanes) is 1. The van der Waals surface area contributed by atoms with Crippen molar-refractivity contribution in [1.29, 1.82) is 0 Å². The van der Waals surface area contributed by atoms with E-state index in [-0.39, 0.29) is 12.6 Å². The molecule has 2 aromatic rings. The molecule has 5 heteroatoms. The van der Waals surface area contributed by atoms with Gasteiger partial charge in [0.1, 0.15) is 12.4 Å². The van der Waals surface area contributed by atoms with E-state index in [1.807, 2.05) is 6.07 Å². The monoisotopic (exact) mass is 291 g/mol. The van der Waals surface area contributed by atoms with Gasteiger partial charge in [0.25, 0.3) is 0 Å². The van der Waals surface area contributed by atoms with E-state index in [9.17, 15) is 4.79 Å². The van der Waals surface area contributed by atoms with Gasteiger partial charge in [0.05, 0.1) is 24.8 Å². The van der Waals surface area contributed by atoms with E-state index in [1.165, 1.54) is 0 Å². The number of aromatic nitrogens is 1. The van der Waals surface area contributed by atoms with Gasteiger partial charge in [-0.05, 0) is 24.6 Å². The lowest BCUT2D eigenvalue weighted by molar-refractivity contribution is 0.0316. The number of benzene rings is 1. The van der Waals surface area contributed by atoms with Crippen molar-refractivity contribution in [3.63, 3.8) is 0 Å². The topological polar surface area (TPSA) is 60.6 Å². The number of nitrogens with one attached hydrogen (secondary N) is 1. The Morgan fingerprint density at radius 2 is 2.05 bits per heavy atom. The first-order chi connectivity index (χ1) is 10.3. The second kappa shape index (κ2) is 7.69. The first-order valence-corrected chi connectivity index (χ1v) is 7.17. The molecule has 0 radical (unpaired) electrons. The van der Waals surface area contributed by atoms with Crippen molar-refractivity contribution in [2.75, 3.05) is 26.9 Å². The number of rotatable bonds is 8. The SMILES string of the molecule is CCCCOCCOC(=O)c1ccc(OC)c2[nH]ccc12. The molecule has 21 heavy (non-hydrogen) atoms. The molecule has 1 N–H and O–H groups in total. The quantitative estimate of drug-likeness (QED) is 0.599. The molecule has 0 unspecified atom stereocenters. The van der Waals surface area contributed by atoms with Crippen LogP contribution in [0.25, 0.3) is 10.9 Å². The Morgan fingerprint density at radius 1 is 1.19 bits per heavy atom. The normalized spacial score (nSPS) is 10.8. The van der Waals surface area contributed by atoms with E-state index >= 15 is 0 Å². The minimum absolute atomic E-state index is 0.264. The number of hydrogen-bond acceptors (Lipinski definition) is 4. The lowest BCUT2D eigenvalue weighted by atomic mass is 10.1. The molecule has 0 aliphatic heterocycles. The summed E-state index contributed by atoms with van der Waals surface area (Å²) in [6, 6.07) is 5.31. The molecule has 0 fully saturated rings. The maximum absolute atomic E-state index is 12.1. The Labute approximate surface area is 124 Å². The van der Waals surface area contributed by atoms with Crippen LogP contribution in [0.4, 0.5) is 0 Å². The predicted octanol–water partition coefficient (Wildman–Crippen LogP) is 3.15. The molecule has 0 amide bonds. The van der Waals surface area contributed by atoms with Gasteiger partial charge in [-0.15, -0.1) is 0 Å². The summed E-state index contributed by atoms with van der Waals surface area (Å²) in [5.74, 6) is 0.357. The van der Waals surface area contributed by atoms with Crippen molar-refractivity contribution >= 4 is 16.9 Å². The van der Waals surface area contributed by atoms with Gasteiger partial charge in [-0.25, -0.2) is 4.79 Å². The highest BCUT2D eigenvalue weighted by atomic mass is 16.6. The van der Waals surface area contributed by atoms with Gasteiger partial charge in [0.15, 0.2) is 0 Å². The number of H-pyrrole nitrogens is 1. The second-order valence-corrected chi connectivity index (χ2v) is 4.68. The van der Waals surface area contributed by atoms with Crippen LogP contribution in [0, 0.1) is 0 Å². The van der Waals surface area contributed by atoms with Gasteiger partial charge in [0, 0.05) is 18.2 Å². The number of aromatic amines is 1. The fourth-order valence-electron chi connectivity index (χ4n) is 2.10. The third-order valence-electron chi connectivity index (χ3n) is 3.23. The van der Waals surface area contributed by atoms with Crippen molar-refractivity contribution in [3.05, 3.63) is 30.0 Å². The molecule has 5 nitrogen and oxygen atoms in total. The molecule has 0 saturated carbocycles. The van der Waals surface area contributed by atoms with Crippen molar-refractivity contribution in [2.24, 2.45) is 0 Å². The molecule has 2 rings (SSSR count). The number of carbonyl (C=O) groups is 1. The van der Waals surface area contributed by atoms with Crippen molar-refractivity contribution in [3.8, 4) is 5.75 Å². The van der Waals surface area contributed by atoms with E-state index in [0.29, 0.717) is 24.5 Å². The Kier molecular flexibility index (Phi) is 5.63. The van der Waals surface area contributed by atoms with Gasteiger partial charge in [-0.2, -0.15) is 0 Å². The molecule has 1 aromatic carbocycles. The van der Waals surface area contributed by atoms with Crippen LogP contribution in [0.5, 0.6) is 5.75 Å². The molecule has 0 aliphatic carbocycles. The van der Waals surface area contributed by atoms with Crippen LogP contribution in [-0.2, 0) is 9.47 Å². The van der Waals surface area contributed by atoms with Gasteiger partial charge in [-0.1, -0.05) is 13.3 Å². The molecule has 0 atom stereocenters. The minimum Gasteiger partial charge on any atom is -0.495 e. The predicted molar refractivity (Wildman–Crippen MR) is 80.9 cm³/mol. The summed E-state index contributed by atoms with van der Waals surface area (Å²) in [4.78, 5) is 15.2. The summed E-state index contributed by atoms with van der Waals surface area (Å²) in [7, 11) is 1.60. The maximum atomic E-state index is 12.1. The summed E-state index contributed by atoms with van der Waals surface area (Å²) < 4.78 is 15.9. The molecular formula is C16H21NO4. The molecule has 1 aromatic heterocycles. The van der Waals surface area contributed by atoms with E-state index in [4.69, 9.17) is 14.2 Å². The summed E-state index contributed by atoms with van der Waals surface area (Å²) in [6.07, 6.45) is 3.89. The average Bonchev–Trinajstić information content (AvgIpc) is 2.99. The zero-order valence-corrected chi connectivity index (χ0v) is 12.5. The van der Waals surface area contributed by atoms with Crippen LogP contribution >= 0.6 is 0 Å². The lowest BCUT2D eigenvalue weighted by Crippen LogP contribution is -2.11. The Morgan fingerprint density at radius 3 is 2.81 bits per heavy atom. The van der Waals surface area contributed by atoms with Crippen LogP contribution in [0.3, 0.4) is 0 Å². The van der Waals surface area contributed by atoms with Gasteiger partial charge < -0.3 is 19.2 Å². The highest BCUT2D eigenvalue weighted by molar-refractivity contribution is 6.05. The van der Waals surface area contributed by atoms with Crippen LogP contribution < -0.4 is 4.74 Å². The van der Waals surface area contributed by atoms with Crippen LogP contribution in [0.1, 0.15) is 30.1 Å². The highest BCUT2D eigenvalue weighted by Gasteiger charge is 2.14. The first kappa shape index (κ1) is 15.4. The molecule has 0 aliphatic rings. The van der Waals surface area contributed by atoms with E-state index in [1.54, 1.807) is 25.4 Å². The zero-order chi connectivity index (χ0) is 15.1. The average molecular weight is 291 g/mol.